The Balaban J connectivity index is 1.32. The Morgan fingerprint density at radius 1 is 0.657 bits per heavy atom. The van der Waals surface area contributed by atoms with Gasteiger partial charge in [0.2, 0.25) is 0 Å². The lowest BCUT2D eigenvalue weighted by Crippen LogP contribution is -2.15. The first kappa shape index (κ1) is 27.7. The normalized spacial score (nSPS) is 18.0. The molecule has 0 spiro atoms. The SMILES string of the molecule is CCCCCCCCCOc1ccc(-c2cnc(CCC3CCC(CCCCC)CC3)nc2)cc1. The molecule has 1 aliphatic carbocycles. The van der Waals surface area contributed by atoms with Crippen LogP contribution in [-0.4, -0.2) is 16.6 Å². The largest absolute Gasteiger partial charge is 0.494 e. The molecular formula is C32H50N2O. The zero-order chi connectivity index (χ0) is 24.6. The lowest BCUT2D eigenvalue weighted by Gasteiger charge is -2.28. The third-order valence-electron chi connectivity index (χ3n) is 7.87. The van der Waals surface area contributed by atoms with Gasteiger partial charge < -0.3 is 4.74 Å². The maximum Gasteiger partial charge on any atom is 0.128 e. The van der Waals surface area contributed by atoms with Gasteiger partial charge in [0.05, 0.1) is 6.61 Å². The number of nitrogens with zero attached hydrogens (tertiary/aromatic N) is 2. The molecular weight excluding hydrogens is 428 g/mol. The molecule has 3 rings (SSSR count). The van der Waals surface area contributed by atoms with Crippen molar-refractivity contribution in [3.8, 4) is 16.9 Å². The third-order valence-corrected chi connectivity index (χ3v) is 7.87. The molecule has 0 atom stereocenters. The number of aryl methyl sites for hydroxylation is 1. The average molecular weight is 479 g/mol. The van der Waals surface area contributed by atoms with E-state index < -0.39 is 0 Å². The highest BCUT2D eigenvalue weighted by atomic mass is 16.5. The summed E-state index contributed by atoms with van der Waals surface area (Å²) in [4.78, 5) is 9.36. The molecule has 1 aliphatic rings. The minimum absolute atomic E-state index is 0.811. The lowest BCUT2D eigenvalue weighted by atomic mass is 9.78. The van der Waals surface area contributed by atoms with Crippen molar-refractivity contribution in [3.05, 3.63) is 42.5 Å². The van der Waals surface area contributed by atoms with Crippen LogP contribution in [0.3, 0.4) is 0 Å². The Morgan fingerprint density at radius 3 is 1.89 bits per heavy atom. The van der Waals surface area contributed by atoms with Crippen LogP contribution in [-0.2, 0) is 6.42 Å². The van der Waals surface area contributed by atoms with Crippen molar-refractivity contribution < 1.29 is 4.74 Å². The van der Waals surface area contributed by atoms with Crippen LogP contribution in [0.5, 0.6) is 5.75 Å². The van der Waals surface area contributed by atoms with E-state index in [1.54, 1.807) is 0 Å². The van der Waals surface area contributed by atoms with Gasteiger partial charge in [-0.2, -0.15) is 0 Å². The predicted octanol–water partition coefficient (Wildman–Crippen LogP) is 9.59. The van der Waals surface area contributed by atoms with Gasteiger partial charge in [-0.1, -0.05) is 116 Å². The topological polar surface area (TPSA) is 35.0 Å². The maximum atomic E-state index is 5.93. The number of hydrogen-bond donors (Lipinski definition) is 0. The van der Waals surface area contributed by atoms with E-state index in [2.05, 4.69) is 48.1 Å². The Morgan fingerprint density at radius 2 is 1.23 bits per heavy atom. The third kappa shape index (κ3) is 10.7. The quantitative estimate of drug-likeness (QED) is 0.212. The van der Waals surface area contributed by atoms with Gasteiger partial charge in [-0.05, 0) is 42.4 Å². The van der Waals surface area contributed by atoms with Crippen LogP contribution in [0.4, 0.5) is 0 Å². The first-order valence-corrected chi connectivity index (χ1v) is 14.8. The van der Waals surface area contributed by atoms with Gasteiger partial charge in [0.15, 0.2) is 0 Å². The summed E-state index contributed by atoms with van der Waals surface area (Å²) >= 11 is 0. The molecule has 1 fully saturated rings. The Bertz CT molecular complexity index is 778. The van der Waals surface area contributed by atoms with Gasteiger partial charge in [-0.15, -0.1) is 0 Å². The van der Waals surface area contributed by atoms with Crippen LogP contribution in [0.15, 0.2) is 36.7 Å². The standard InChI is InChI=1S/C32H50N2O/c1-3-5-7-8-9-10-12-24-35-31-21-19-29(20-22-31)30-25-33-32(34-26-30)23-18-28-16-14-27(15-17-28)13-11-6-4-2/h19-22,25-28H,3-18,23-24H2,1-2H3. The van der Waals surface area contributed by atoms with E-state index in [0.717, 1.165) is 54.0 Å². The summed E-state index contributed by atoms with van der Waals surface area (Å²) < 4.78 is 5.93. The number of ether oxygens (including phenoxy) is 1. The summed E-state index contributed by atoms with van der Waals surface area (Å²) in [5.74, 6) is 3.81. The molecule has 0 N–H and O–H groups in total. The molecule has 0 radical (unpaired) electrons. The molecule has 0 saturated heterocycles. The monoisotopic (exact) mass is 478 g/mol. The minimum atomic E-state index is 0.811. The highest BCUT2D eigenvalue weighted by Gasteiger charge is 2.20. The number of benzene rings is 1. The Kier molecular flexibility index (Phi) is 13.2. The summed E-state index contributed by atoms with van der Waals surface area (Å²) in [6.07, 6.45) is 26.7. The van der Waals surface area contributed by atoms with Crippen LogP contribution < -0.4 is 4.74 Å². The summed E-state index contributed by atoms with van der Waals surface area (Å²) in [5, 5.41) is 0. The van der Waals surface area contributed by atoms with Crippen LogP contribution in [0.2, 0.25) is 0 Å². The first-order valence-electron chi connectivity index (χ1n) is 14.8. The van der Waals surface area contributed by atoms with Crippen molar-refractivity contribution in [2.75, 3.05) is 6.61 Å². The molecule has 3 nitrogen and oxygen atoms in total. The summed E-state index contributed by atoms with van der Waals surface area (Å²) in [6, 6.07) is 8.39. The van der Waals surface area contributed by atoms with E-state index in [1.165, 1.54) is 96.3 Å². The van der Waals surface area contributed by atoms with Gasteiger partial charge >= 0.3 is 0 Å². The van der Waals surface area contributed by atoms with Gasteiger partial charge in [0, 0.05) is 24.4 Å². The van der Waals surface area contributed by atoms with E-state index in [-0.39, 0.29) is 0 Å². The summed E-state index contributed by atoms with van der Waals surface area (Å²) in [6.45, 7) is 5.38. The number of aromatic nitrogens is 2. The first-order chi connectivity index (χ1) is 17.3. The summed E-state index contributed by atoms with van der Waals surface area (Å²) in [5.41, 5.74) is 2.24. The highest BCUT2D eigenvalue weighted by molar-refractivity contribution is 5.62. The van der Waals surface area contributed by atoms with E-state index in [9.17, 15) is 0 Å². The molecule has 2 aromatic rings. The van der Waals surface area contributed by atoms with Crippen LogP contribution in [0.25, 0.3) is 11.1 Å². The lowest BCUT2D eigenvalue weighted by molar-refractivity contribution is 0.248. The van der Waals surface area contributed by atoms with Crippen molar-refractivity contribution in [3.63, 3.8) is 0 Å². The maximum absolute atomic E-state index is 5.93. The molecule has 1 heterocycles. The second-order valence-electron chi connectivity index (χ2n) is 10.8. The Labute approximate surface area is 215 Å². The van der Waals surface area contributed by atoms with Gasteiger partial charge in [0.25, 0.3) is 0 Å². The number of rotatable bonds is 17. The fraction of sp³-hybridized carbons (Fsp3) is 0.688. The predicted molar refractivity (Wildman–Crippen MR) is 149 cm³/mol. The summed E-state index contributed by atoms with van der Waals surface area (Å²) in [7, 11) is 0. The van der Waals surface area contributed by atoms with Crippen molar-refractivity contribution in [1.82, 2.24) is 9.97 Å². The van der Waals surface area contributed by atoms with Crippen LogP contribution >= 0.6 is 0 Å². The van der Waals surface area contributed by atoms with Crippen molar-refractivity contribution >= 4 is 0 Å². The van der Waals surface area contributed by atoms with E-state index >= 15 is 0 Å². The number of unbranched alkanes of at least 4 members (excludes halogenated alkanes) is 8. The van der Waals surface area contributed by atoms with E-state index in [1.807, 2.05) is 12.4 Å². The molecule has 0 amide bonds. The highest BCUT2D eigenvalue weighted by Crippen LogP contribution is 2.34. The molecule has 1 aromatic heterocycles. The second-order valence-corrected chi connectivity index (χ2v) is 10.8. The molecule has 0 aliphatic heterocycles. The van der Waals surface area contributed by atoms with Crippen molar-refractivity contribution in [1.29, 1.82) is 0 Å². The average Bonchev–Trinajstić information content (AvgIpc) is 2.90. The molecule has 0 bridgehead atoms. The molecule has 1 aromatic carbocycles. The molecule has 35 heavy (non-hydrogen) atoms. The van der Waals surface area contributed by atoms with Gasteiger partial charge in [0.1, 0.15) is 11.6 Å². The molecule has 0 unspecified atom stereocenters. The fourth-order valence-electron chi connectivity index (χ4n) is 5.45. The van der Waals surface area contributed by atoms with Crippen molar-refractivity contribution in [2.45, 2.75) is 123 Å². The zero-order valence-electron chi connectivity index (χ0n) is 22.6. The van der Waals surface area contributed by atoms with Crippen molar-refractivity contribution in [2.24, 2.45) is 11.8 Å². The second kappa shape index (κ2) is 16.7. The van der Waals surface area contributed by atoms with Crippen LogP contribution in [0, 0.1) is 11.8 Å². The van der Waals surface area contributed by atoms with Crippen LogP contribution in [0.1, 0.15) is 122 Å². The molecule has 194 valence electrons. The fourth-order valence-corrected chi connectivity index (χ4v) is 5.45. The van der Waals surface area contributed by atoms with E-state index in [4.69, 9.17) is 4.74 Å². The van der Waals surface area contributed by atoms with E-state index in [0.29, 0.717) is 0 Å². The van der Waals surface area contributed by atoms with Gasteiger partial charge in [-0.25, -0.2) is 9.97 Å². The number of hydrogen-bond acceptors (Lipinski definition) is 3. The zero-order valence-corrected chi connectivity index (χ0v) is 22.6. The molecule has 1 saturated carbocycles. The molecule has 3 heteroatoms. The smallest absolute Gasteiger partial charge is 0.128 e. The van der Waals surface area contributed by atoms with Gasteiger partial charge in [-0.3, -0.25) is 0 Å². The Hall–Kier alpha value is -1.90. The minimum Gasteiger partial charge on any atom is -0.494 e.